The quantitative estimate of drug-likeness (QED) is 0.587. The molecular formula is C15H22N2O3. The van der Waals surface area contributed by atoms with Crippen LogP contribution in [0, 0.1) is 5.92 Å². The second kappa shape index (κ2) is 8.96. The summed E-state index contributed by atoms with van der Waals surface area (Å²) in [6.45, 7) is 4.08. The van der Waals surface area contributed by atoms with E-state index < -0.39 is 0 Å². The van der Waals surface area contributed by atoms with Crippen molar-refractivity contribution in [1.82, 2.24) is 5.43 Å². The van der Waals surface area contributed by atoms with Gasteiger partial charge in [0.1, 0.15) is 0 Å². The fourth-order valence-electron chi connectivity index (χ4n) is 1.63. The van der Waals surface area contributed by atoms with Crippen molar-refractivity contribution in [3.8, 4) is 11.5 Å². The van der Waals surface area contributed by atoms with E-state index in [0.29, 0.717) is 17.4 Å². The summed E-state index contributed by atoms with van der Waals surface area (Å²) >= 11 is 0. The third-order valence-electron chi connectivity index (χ3n) is 2.95. The number of carbonyl (C=O) groups is 1. The molecule has 1 amide bonds. The van der Waals surface area contributed by atoms with E-state index in [0.717, 1.165) is 12.8 Å². The van der Waals surface area contributed by atoms with Gasteiger partial charge in [0.2, 0.25) is 0 Å². The molecule has 0 bridgehead atoms. The first-order valence-corrected chi connectivity index (χ1v) is 6.79. The second-order valence-electron chi connectivity index (χ2n) is 4.33. The van der Waals surface area contributed by atoms with Gasteiger partial charge in [-0.1, -0.05) is 26.0 Å². The molecule has 0 aliphatic heterocycles. The fraction of sp³-hybridized carbons (Fsp3) is 0.467. The maximum absolute atomic E-state index is 11.6. The number of benzene rings is 1. The lowest BCUT2D eigenvalue weighted by Crippen LogP contribution is -2.25. The minimum atomic E-state index is -0.293. The second-order valence-corrected chi connectivity index (χ2v) is 4.33. The van der Waals surface area contributed by atoms with E-state index in [2.05, 4.69) is 24.4 Å². The van der Waals surface area contributed by atoms with Crippen molar-refractivity contribution in [3.63, 3.8) is 0 Å². The molecule has 0 radical (unpaired) electrons. The summed E-state index contributed by atoms with van der Waals surface area (Å²) in [5, 5.41) is 3.93. The van der Waals surface area contributed by atoms with Gasteiger partial charge in [0.05, 0.1) is 7.11 Å². The lowest BCUT2D eigenvalue weighted by Gasteiger charge is -2.09. The molecule has 0 fully saturated rings. The molecule has 0 aliphatic rings. The van der Waals surface area contributed by atoms with Crippen LogP contribution in [0.4, 0.5) is 0 Å². The van der Waals surface area contributed by atoms with Crippen LogP contribution in [0.15, 0.2) is 29.4 Å². The minimum absolute atomic E-state index is 0.0966. The number of carbonyl (C=O) groups excluding carboxylic acids is 1. The molecule has 0 spiro atoms. The predicted molar refractivity (Wildman–Crippen MR) is 79.2 cm³/mol. The minimum Gasteiger partial charge on any atom is -0.493 e. The summed E-state index contributed by atoms with van der Waals surface area (Å²) in [5.74, 6) is 1.23. The first-order valence-electron chi connectivity index (χ1n) is 6.79. The lowest BCUT2D eigenvalue weighted by atomic mass is 10.1. The number of hydrazone groups is 1. The summed E-state index contributed by atoms with van der Waals surface area (Å²) in [4.78, 5) is 11.6. The summed E-state index contributed by atoms with van der Waals surface area (Å²) in [6.07, 6.45) is 3.78. The Bertz CT molecular complexity index is 442. The molecular weight excluding hydrogens is 256 g/mol. The molecule has 1 aromatic rings. The van der Waals surface area contributed by atoms with E-state index in [-0.39, 0.29) is 12.5 Å². The Kier molecular flexibility index (Phi) is 7.17. The van der Waals surface area contributed by atoms with Crippen molar-refractivity contribution < 1.29 is 14.3 Å². The van der Waals surface area contributed by atoms with E-state index in [1.54, 1.807) is 25.5 Å². The highest BCUT2D eigenvalue weighted by Gasteiger charge is 2.06. The van der Waals surface area contributed by atoms with Gasteiger partial charge < -0.3 is 9.47 Å². The molecule has 1 aromatic carbocycles. The number of hydrogen-bond donors (Lipinski definition) is 1. The lowest BCUT2D eigenvalue weighted by molar-refractivity contribution is -0.123. The van der Waals surface area contributed by atoms with Gasteiger partial charge in [-0.3, -0.25) is 4.79 Å². The molecule has 110 valence electrons. The summed E-state index contributed by atoms with van der Waals surface area (Å²) in [6, 6.07) is 7.19. The smallest absolute Gasteiger partial charge is 0.277 e. The van der Waals surface area contributed by atoms with Crippen LogP contribution in [-0.2, 0) is 4.79 Å². The Balaban J connectivity index is 2.40. The number of hydrogen-bond acceptors (Lipinski definition) is 4. The zero-order chi connectivity index (χ0) is 14.8. The van der Waals surface area contributed by atoms with Crippen LogP contribution in [0.3, 0.4) is 0 Å². The molecule has 1 rings (SSSR count). The Morgan fingerprint density at radius 3 is 2.55 bits per heavy atom. The van der Waals surface area contributed by atoms with Gasteiger partial charge in [-0.15, -0.1) is 0 Å². The standard InChI is InChI=1S/C15H22N2O3/c1-4-12(5-2)10-16-17-15(18)11-20-14-9-7-6-8-13(14)19-3/h6-10,12H,4-5,11H2,1-3H3,(H,17,18)/b16-10+. The zero-order valence-electron chi connectivity index (χ0n) is 12.3. The largest absolute Gasteiger partial charge is 0.493 e. The van der Waals surface area contributed by atoms with Crippen LogP contribution in [0.5, 0.6) is 11.5 Å². The number of nitrogens with zero attached hydrogens (tertiary/aromatic N) is 1. The van der Waals surface area contributed by atoms with E-state index in [4.69, 9.17) is 9.47 Å². The summed E-state index contributed by atoms with van der Waals surface area (Å²) < 4.78 is 10.5. The number of methoxy groups -OCH3 is 1. The zero-order valence-corrected chi connectivity index (χ0v) is 12.3. The van der Waals surface area contributed by atoms with E-state index in [1.165, 1.54) is 0 Å². The summed E-state index contributed by atoms with van der Waals surface area (Å²) in [7, 11) is 1.56. The molecule has 0 heterocycles. The number of ether oxygens (including phenoxy) is 2. The van der Waals surface area contributed by atoms with Gasteiger partial charge in [0.25, 0.3) is 5.91 Å². The SMILES string of the molecule is CCC(/C=N/NC(=O)COc1ccccc1OC)CC. The van der Waals surface area contributed by atoms with Gasteiger partial charge in [0, 0.05) is 6.21 Å². The van der Waals surface area contributed by atoms with Crippen LogP contribution in [0.25, 0.3) is 0 Å². The molecule has 1 N–H and O–H groups in total. The van der Waals surface area contributed by atoms with Crippen molar-refractivity contribution in [1.29, 1.82) is 0 Å². The maximum atomic E-state index is 11.6. The maximum Gasteiger partial charge on any atom is 0.277 e. The van der Waals surface area contributed by atoms with Crippen molar-refractivity contribution in [3.05, 3.63) is 24.3 Å². The van der Waals surface area contributed by atoms with Gasteiger partial charge in [0.15, 0.2) is 18.1 Å². The molecule has 0 aromatic heterocycles. The molecule has 0 atom stereocenters. The third-order valence-corrected chi connectivity index (χ3v) is 2.95. The van der Waals surface area contributed by atoms with Gasteiger partial charge in [-0.25, -0.2) is 5.43 Å². The molecule has 0 unspecified atom stereocenters. The molecule has 0 saturated carbocycles. The summed E-state index contributed by atoms with van der Waals surface area (Å²) in [5.41, 5.74) is 2.45. The van der Waals surface area contributed by atoms with Gasteiger partial charge in [-0.2, -0.15) is 5.10 Å². The van der Waals surface area contributed by atoms with Gasteiger partial charge >= 0.3 is 0 Å². The highest BCUT2D eigenvalue weighted by molar-refractivity contribution is 5.78. The average Bonchev–Trinajstić information content (AvgIpc) is 2.49. The molecule has 5 nitrogen and oxygen atoms in total. The monoisotopic (exact) mass is 278 g/mol. The average molecular weight is 278 g/mol. The van der Waals surface area contributed by atoms with Crippen molar-refractivity contribution in [2.24, 2.45) is 11.0 Å². The number of para-hydroxylation sites is 2. The van der Waals surface area contributed by atoms with Crippen molar-refractivity contribution >= 4 is 12.1 Å². The topological polar surface area (TPSA) is 59.9 Å². The van der Waals surface area contributed by atoms with Crippen LogP contribution >= 0.6 is 0 Å². The van der Waals surface area contributed by atoms with E-state index >= 15 is 0 Å². The van der Waals surface area contributed by atoms with E-state index in [1.807, 2.05) is 12.1 Å². The van der Waals surface area contributed by atoms with Crippen LogP contribution < -0.4 is 14.9 Å². The highest BCUT2D eigenvalue weighted by Crippen LogP contribution is 2.25. The first-order chi connectivity index (χ1) is 9.71. The third kappa shape index (κ3) is 5.30. The number of rotatable bonds is 8. The number of nitrogens with one attached hydrogen (secondary N) is 1. The Labute approximate surface area is 120 Å². The highest BCUT2D eigenvalue weighted by atomic mass is 16.5. The molecule has 0 aliphatic carbocycles. The first kappa shape index (κ1) is 16.0. The van der Waals surface area contributed by atoms with Crippen molar-refractivity contribution in [2.45, 2.75) is 26.7 Å². The van der Waals surface area contributed by atoms with Crippen LogP contribution in [0.1, 0.15) is 26.7 Å². The fourth-order valence-corrected chi connectivity index (χ4v) is 1.63. The Morgan fingerprint density at radius 1 is 1.30 bits per heavy atom. The van der Waals surface area contributed by atoms with Crippen LogP contribution in [0.2, 0.25) is 0 Å². The molecule has 20 heavy (non-hydrogen) atoms. The predicted octanol–water partition coefficient (Wildman–Crippen LogP) is 2.61. The van der Waals surface area contributed by atoms with E-state index in [9.17, 15) is 4.79 Å². The molecule has 5 heteroatoms. The van der Waals surface area contributed by atoms with Gasteiger partial charge in [-0.05, 0) is 30.9 Å². The normalized spacial score (nSPS) is 10.8. The Hall–Kier alpha value is -2.04. The Morgan fingerprint density at radius 2 is 1.95 bits per heavy atom. The number of amides is 1. The molecule has 0 saturated heterocycles. The van der Waals surface area contributed by atoms with Crippen molar-refractivity contribution in [2.75, 3.05) is 13.7 Å². The van der Waals surface area contributed by atoms with Crippen LogP contribution in [-0.4, -0.2) is 25.8 Å².